The Morgan fingerprint density at radius 3 is 2.56 bits per heavy atom. The average Bonchev–Trinajstić information content (AvgIpc) is 2.98. The quantitative estimate of drug-likeness (QED) is 0.731. The van der Waals surface area contributed by atoms with Crippen LogP contribution in [0.15, 0.2) is 42.6 Å². The minimum absolute atomic E-state index is 0.140. The van der Waals surface area contributed by atoms with E-state index >= 15 is 0 Å². The number of nitrogens with two attached hydrogens (primary N) is 1. The van der Waals surface area contributed by atoms with Gasteiger partial charge in [-0.05, 0) is 48.1 Å². The summed E-state index contributed by atoms with van der Waals surface area (Å²) < 4.78 is 22.4. The highest BCUT2D eigenvalue weighted by atomic mass is 19.1. The van der Waals surface area contributed by atoms with E-state index in [1.54, 1.807) is 13.2 Å². The van der Waals surface area contributed by atoms with Crippen molar-refractivity contribution in [3.8, 4) is 5.75 Å². The van der Waals surface area contributed by atoms with Gasteiger partial charge in [0.05, 0.1) is 12.6 Å². The zero-order valence-electron chi connectivity index (χ0n) is 15.1. The van der Waals surface area contributed by atoms with E-state index in [0.29, 0.717) is 12.1 Å². The number of halogens is 1. The Bertz CT molecular complexity index is 871. The number of ether oxygens (including phenoxy) is 1. The molecule has 0 fully saturated rings. The van der Waals surface area contributed by atoms with Crippen LogP contribution in [-0.4, -0.2) is 18.2 Å². The molecule has 132 valence electrons. The summed E-state index contributed by atoms with van der Waals surface area (Å²) in [5.74, 6) is 0.696. The van der Waals surface area contributed by atoms with Gasteiger partial charge in [0.25, 0.3) is 0 Å². The highest BCUT2D eigenvalue weighted by molar-refractivity contribution is 5.92. The SMILES string of the molecule is COc1c(CCc2ccccc2)cc(F)c2c1c(C(C)CN)cn2C. The van der Waals surface area contributed by atoms with E-state index < -0.39 is 0 Å². The first-order valence-electron chi connectivity index (χ1n) is 8.65. The van der Waals surface area contributed by atoms with Crippen molar-refractivity contribution in [2.24, 2.45) is 12.8 Å². The largest absolute Gasteiger partial charge is 0.496 e. The molecular formula is C21H25FN2O. The number of methoxy groups -OCH3 is 1. The average molecular weight is 340 g/mol. The number of fused-ring (bicyclic) bond motifs is 1. The Kier molecular flexibility index (Phi) is 5.09. The molecule has 25 heavy (non-hydrogen) atoms. The van der Waals surface area contributed by atoms with Crippen LogP contribution in [0.25, 0.3) is 10.9 Å². The van der Waals surface area contributed by atoms with Crippen LogP contribution in [0.5, 0.6) is 5.75 Å². The van der Waals surface area contributed by atoms with Crippen LogP contribution in [-0.2, 0) is 19.9 Å². The van der Waals surface area contributed by atoms with E-state index in [2.05, 4.69) is 19.1 Å². The molecule has 0 saturated heterocycles. The molecule has 1 heterocycles. The molecule has 0 spiro atoms. The van der Waals surface area contributed by atoms with Crippen LogP contribution in [0, 0.1) is 5.82 Å². The Morgan fingerprint density at radius 1 is 1.20 bits per heavy atom. The van der Waals surface area contributed by atoms with Gasteiger partial charge in [-0.15, -0.1) is 0 Å². The number of aromatic nitrogens is 1. The smallest absolute Gasteiger partial charge is 0.147 e. The molecule has 4 heteroatoms. The lowest BCUT2D eigenvalue weighted by atomic mass is 9.96. The summed E-state index contributed by atoms with van der Waals surface area (Å²) in [4.78, 5) is 0. The Morgan fingerprint density at radius 2 is 1.92 bits per heavy atom. The second kappa shape index (κ2) is 7.28. The fourth-order valence-electron chi connectivity index (χ4n) is 3.47. The van der Waals surface area contributed by atoms with Gasteiger partial charge in [0.2, 0.25) is 0 Å². The third-order valence-corrected chi connectivity index (χ3v) is 4.87. The van der Waals surface area contributed by atoms with Crippen molar-refractivity contribution in [3.05, 3.63) is 65.1 Å². The Labute approximate surface area is 148 Å². The summed E-state index contributed by atoms with van der Waals surface area (Å²) in [6.07, 6.45) is 3.54. The van der Waals surface area contributed by atoms with Crippen LogP contribution in [0.1, 0.15) is 29.5 Å². The number of benzene rings is 2. The van der Waals surface area contributed by atoms with E-state index in [-0.39, 0.29) is 11.7 Å². The molecule has 1 unspecified atom stereocenters. The van der Waals surface area contributed by atoms with Crippen molar-refractivity contribution < 1.29 is 9.13 Å². The van der Waals surface area contributed by atoms with Gasteiger partial charge in [-0.1, -0.05) is 37.3 Å². The number of hydrogen-bond donors (Lipinski definition) is 1. The molecule has 3 nitrogen and oxygen atoms in total. The topological polar surface area (TPSA) is 40.2 Å². The summed E-state index contributed by atoms with van der Waals surface area (Å²) in [5, 5.41) is 0.853. The lowest BCUT2D eigenvalue weighted by Gasteiger charge is -2.14. The van der Waals surface area contributed by atoms with Crippen molar-refractivity contribution in [3.63, 3.8) is 0 Å². The van der Waals surface area contributed by atoms with Crippen molar-refractivity contribution in [1.82, 2.24) is 4.57 Å². The van der Waals surface area contributed by atoms with Gasteiger partial charge >= 0.3 is 0 Å². The van der Waals surface area contributed by atoms with Crippen molar-refractivity contribution in [1.29, 1.82) is 0 Å². The van der Waals surface area contributed by atoms with Crippen LogP contribution in [0.2, 0.25) is 0 Å². The van der Waals surface area contributed by atoms with Gasteiger partial charge in [-0.3, -0.25) is 0 Å². The molecular weight excluding hydrogens is 315 g/mol. The highest BCUT2D eigenvalue weighted by Gasteiger charge is 2.21. The van der Waals surface area contributed by atoms with Gasteiger partial charge in [0.1, 0.15) is 11.6 Å². The summed E-state index contributed by atoms with van der Waals surface area (Å²) in [6.45, 7) is 2.57. The number of nitrogens with zero attached hydrogens (tertiary/aromatic N) is 1. The zero-order chi connectivity index (χ0) is 18.0. The highest BCUT2D eigenvalue weighted by Crippen LogP contribution is 2.38. The normalized spacial score (nSPS) is 12.5. The lowest BCUT2D eigenvalue weighted by molar-refractivity contribution is 0.413. The first-order chi connectivity index (χ1) is 12.1. The molecule has 1 aromatic heterocycles. The standard InChI is InChI=1S/C21H25FN2O/c1-14(12-23)17-13-24(2)20-18(22)11-16(21(25-3)19(17)20)10-9-15-7-5-4-6-8-15/h4-8,11,13-14H,9-10,12,23H2,1-3H3. The predicted octanol–water partition coefficient (Wildman–Crippen LogP) is 4.17. The molecule has 0 aliphatic rings. The van der Waals surface area contributed by atoms with Crippen LogP contribution in [0.3, 0.4) is 0 Å². The first kappa shape index (κ1) is 17.5. The van der Waals surface area contributed by atoms with Crippen LogP contribution in [0.4, 0.5) is 4.39 Å². The third-order valence-electron chi connectivity index (χ3n) is 4.87. The van der Waals surface area contributed by atoms with Gasteiger partial charge in [0.15, 0.2) is 0 Å². The molecule has 0 aliphatic heterocycles. The summed E-state index contributed by atoms with van der Waals surface area (Å²) in [6, 6.07) is 11.8. The molecule has 2 aromatic carbocycles. The van der Waals surface area contributed by atoms with Gasteiger partial charge in [0, 0.05) is 18.6 Å². The van der Waals surface area contributed by atoms with E-state index in [0.717, 1.165) is 35.1 Å². The fourth-order valence-corrected chi connectivity index (χ4v) is 3.47. The number of hydrogen-bond acceptors (Lipinski definition) is 2. The van der Waals surface area contributed by atoms with Gasteiger partial charge in [-0.25, -0.2) is 4.39 Å². The molecule has 0 bridgehead atoms. The van der Waals surface area contributed by atoms with E-state index in [9.17, 15) is 4.39 Å². The van der Waals surface area contributed by atoms with E-state index in [1.807, 2.05) is 36.0 Å². The monoisotopic (exact) mass is 340 g/mol. The van der Waals surface area contributed by atoms with Crippen molar-refractivity contribution in [2.45, 2.75) is 25.7 Å². The second-order valence-electron chi connectivity index (χ2n) is 6.59. The summed E-state index contributed by atoms with van der Waals surface area (Å²) in [5.41, 5.74) is 9.61. The number of aryl methyl sites for hydroxylation is 3. The van der Waals surface area contributed by atoms with Crippen LogP contribution >= 0.6 is 0 Å². The minimum atomic E-state index is -0.211. The molecule has 0 radical (unpaired) electrons. The molecule has 0 amide bonds. The molecule has 2 N–H and O–H groups in total. The third kappa shape index (κ3) is 3.27. The predicted molar refractivity (Wildman–Crippen MR) is 101 cm³/mol. The van der Waals surface area contributed by atoms with E-state index in [1.165, 1.54) is 5.56 Å². The van der Waals surface area contributed by atoms with Crippen LogP contribution < -0.4 is 10.5 Å². The Balaban J connectivity index is 2.10. The maximum Gasteiger partial charge on any atom is 0.147 e. The van der Waals surface area contributed by atoms with Crippen molar-refractivity contribution in [2.75, 3.05) is 13.7 Å². The summed E-state index contributed by atoms with van der Waals surface area (Å²) >= 11 is 0. The molecule has 1 atom stereocenters. The van der Waals surface area contributed by atoms with Gasteiger partial charge in [-0.2, -0.15) is 0 Å². The second-order valence-corrected chi connectivity index (χ2v) is 6.59. The maximum atomic E-state index is 14.8. The molecule has 3 aromatic rings. The molecule has 3 rings (SSSR count). The lowest BCUT2D eigenvalue weighted by Crippen LogP contribution is -2.09. The maximum absolute atomic E-state index is 14.8. The van der Waals surface area contributed by atoms with E-state index in [4.69, 9.17) is 10.5 Å². The Hall–Kier alpha value is -2.33. The number of rotatable bonds is 6. The zero-order valence-corrected chi connectivity index (χ0v) is 15.1. The van der Waals surface area contributed by atoms with Crippen molar-refractivity contribution >= 4 is 10.9 Å². The minimum Gasteiger partial charge on any atom is -0.496 e. The fraction of sp³-hybridized carbons (Fsp3) is 0.333. The van der Waals surface area contributed by atoms with Gasteiger partial charge < -0.3 is 15.0 Å². The molecule has 0 saturated carbocycles. The first-order valence-corrected chi connectivity index (χ1v) is 8.65. The summed E-state index contributed by atoms with van der Waals surface area (Å²) in [7, 11) is 3.52. The molecule has 0 aliphatic carbocycles.